The summed E-state index contributed by atoms with van der Waals surface area (Å²) >= 11 is 0. The van der Waals surface area contributed by atoms with Crippen molar-refractivity contribution in [1.82, 2.24) is 0 Å². The van der Waals surface area contributed by atoms with E-state index in [4.69, 9.17) is 9.47 Å². The molecule has 0 bridgehead atoms. The summed E-state index contributed by atoms with van der Waals surface area (Å²) in [6, 6.07) is 13.4. The van der Waals surface area contributed by atoms with Crippen molar-refractivity contribution in [2.45, 2.75) is 44.9 Å². The van der Waals surface area contributed by atoms with Crippen LogP contribution in [0.5, 0.6) is 0 Å². The predicted octanol–water partition coefficient (Wildman–Crippen LogP) is 5.37. The molecule has 0 radical (unpaired) electrons. The molecule has 1 unspecified atom stereocenters. The lowest BCUT2D eigenvalue weighted by Crippen LogP contribution is -2.46. The molecule has 4 nitrogen and oxygen atoms in total. The van der Waals surface area contributed by atoms with Crippen LogP contribution in [0.25, 0.3) is 10.8 Å². The molecule has 160 valence electrons. The monoisotopic (exact) mass is 440 g/mol. The predicted molar refractivity (Wildman–Crippen MR) is 127 cm³/mol. The standard InChI is InChI=1S/C24H32O4Si2/c1-27-23(25)24(26,20-14-10-12-17-11-8-9-13-19(17)20)18-15-21(29(2,3)4)28-22(16-18)30(5,6)7/h8-16,18,26H,1-7H3. The van der Waals surface area contributed by atoms with E-state index in [1.807, 2.05) is 54.6 Å². The van der Waals surface area contributed by atoms with Crippen LogP contribution < -0.4 is 0 Å². The van der Waals surface area contributed by atoms with E-state index in [9.17, 15) is 9.90 Å². The van der Waals surface area contributed by atoms with E-state index < -0.39 is 33.6 Å². The lowest BCUT2D eigenvalue weighted by Gasteiger charge is -2.38. The van der Waals surface area contributed by atoms with Gasteiger partial charge in [-0.05, 0) is 22.9 Å². The van der Waals surface area contributed by atoms with Gasteiger partial charge in [-0.15, -0.1) is 0 Å². The Labute approximate surface area is 181 Å². The molecule has 30 heavy (non-hydrogen) atoms. The number of aliphatic hydroxyl groups is 1. The average molecular weight is 441 g/mol. The van der Waals surface area contributed by atoms with Crippen LogP contribution in [0.2, 0.25) is 39.3 Å². The van der Waals surface area contributed by atoms with Gasteiger partial charge in [0.05, 0.1) is 17.9 Å². The molecule has 0 saturated heterocycles. The van der Waals surface area contributed by atoms with Gasteiger partial charge in [0.15, 0.2) is 5.60 Å². The fraction of sp³-hybridized carbons (Fsp3) is 0.375. The number of hydrogen-bond donors (Lipinski definition) is 1. The normalized spacial score (nSPS) is 17.6. The first-order valence-electron chi connectivity index (χ1n) is 10.3. The second kappa shape index (κ2) is 7.83. The summed E-state index contributed by atoms with van der Waals surface area (Å²) in [6.45, 7) is 13.2. The Morgan fingerprint density at radius 3 is 2.00 bits per heavy atom. The highest BCUT2D eigenvalue weighted by atomic mass is 28.3. The van der Waals surface area contributed by atoms with Gasteiger partial charge in [-0.3, -0.25) is 0 Å². The van der Waals surface area contributed by atoms with Gasteiger partial charge >= 0.3 is 5.97 Å². The van der Waals surface area contributed by atoms with E-state index in [1.165, 1.54) is 7.11 Å². The van der Waals surface area contributed by atoms with Crippen molar-refractivity contribution < 1.29 is 19.4 Å². The van der Waals surface area contributed by atoms with E-state index in [-0.39, 0.29) is 0 Å². The summed E-state index contributed by atoms with van der Waals surface area (Å²) in [4.78, 5) is 13.1. The highest BCUT2D eigenvalue weighted by Crippen LogP contribution is 2.42. The Morgan fingerprint density at radius 2 is 1.47 bits per heavy atom. The van der Waals surface area contributed by atoms with Crippen LogP contribution in [0.4, 0.5) is 0 Å². The third-order valence-corrected chi connectivity index (χ3v) is 9.03. The van der Waals surface area contributed by atoms with Crippen LogP contribution in [0.3, 0.4) is 0 Å². The number of fused-ring (bicyclic) bond motifs is 1. The SMILES string of the molecule is COC(=O)C(O)(c1cccc2ccccc12)C1C=C([Si](C)(C)C)OC([Si](C)(C)C)=C1. The number of rotatable bonds is 5. The van der Waals surface area contributed by atoms with E-state index >= 15 is 0 Å². The summed E-state index contributed by atoms with van der Waals surface area (Å²) in [6.07, 6.45) is 3.88. The maximum atomic E-state index is 13.1. The van der Waals surface area contributed by atoms with Crippen LogP contribution in [0, 0.1) is 5.92 Å². The van der Waals surface area contributed by atoms with Crippen molar-refractivity contribution in [2.75, 3.05) is 7.11 Å². The molecule has 0 amide bonds. The minimum absolute atomic E-state index is 0.553. The van der Waals surface area contributed by atoms with Gasteiger partial charge in [-0.1, -0.05) is 81.7 Å². The van der Waals surface area contributed by atoms with Crippen molar-refractivity contribution in [1.29, 1.82) is 0 Å². The lowest BCUT2D eigenvalue weighted by molar-refractivity contribution is -0.166. The van der Waals surface area contributed by atoms with Gasteiger partial charge < -0.3 is 14.6 Å². The zero-order valence-electron chi connectivity index (χ0n) is 18.9. The fourth-order valence-electron chi connectivity index (χ4n) is 3.75. The second-order valence-electron chi connectivity index (χ2n) is 9.97. The molecule has 2 aromatic carbocycles. The molecule has 2 aromatic rings. The molecule has 0 saturated carbocycles. The third-order valence-electron chi connectivity index (χ3n) is 5.54. The van der Waals surface area contributed by atoms with Gasteiger partial charge in [-0.2, -0.15) is 0 Å². The molecular weight excluding hydrogens is 408 g/mol. The first-order valence-corrected chi connectivity index (χ1v) is 17.3. The average Bonchev–Trinajstić information content (AvgIpc) is 2.70. The van der Waals surface area contributed by atoms with E-state index in [0.717, 1.165) is 21.5 Å². The summed E-state index contributed by atoms with van der Waals surface area (Å²) in [7, 11) is -2.36. The molecule has 1 atom stereocenters. The van der Waals surface area contributed by atoms with Gasteiger partial charge in [-0.25, -0.2) is 4.79 Å². The fourth-order valence-corrected chi connectivity index (χ4v) is 6.04. The quantitative estimate of drug-likeness (QED) is 0.502. The highest BCUT2D eigenvalue weighted by Gasteiger charge is 2.49. The van der Waals surface area contributed by atoms with E-state index in [0.29, 0.717) is 5.56 Å². The zero-order valence-corrected chi connectivity index (χ0v) is 20.9. The van der Waals surface area contributed by atoms with Crippen molar-refractivity contribution >= 4 is 32.9 Å². The van der Waals surface area contributed by atoms with Crippen molar-refractivity contribution in [3.05, 3.63) is 70.9 Å². The number of ether oxygens (including phenoxy) is 2. The molecule has 1 heterocycles. The van der Waals surface area contributed by atoms with Crippen LogP contribution in [-0.4, -0.2) is 34.3 Å². The number of methoxy groups -OCH3 is 1. The van der Waals surface area contributed by atoms with Crippen LogP contribution in [-0.2, 0) is 19.9 Å². The molecule has 6 heteroatoms. The number of benzene rings is 2. The topological polar surface area (TPSA) is 55.8 Å². The van der Waals surface area contributed by atoms with Gasteiger partial charge in [0, 0.05) is 11.5 Å². The molecule has 1 aliphatic rings. The molecule has 0 aliphatic carbocycles. The van der Waals surface area contributed by atoms with Crippen LogP contribution >= 0.6 is 0 Å². The molecule has 0 fully saturated rings. The molecule has 0 aromatic heterocycles. The summed E-state index contributed by atoms with van der Waals surface area (Å²) in [5.74, 6) is -1.24. The molecule has 3 rings (SSSR count). The second-order valence-corrected chi connectivity index (χ2v) is 20.0. The summed E-state index contributed by atoms with van der Waals surface area (Å²) in [5, 5.41) is 15.7. The molecule has 1 N–H and O–H groups in total. The minimum Gasteiger partial charge on any atom is -0.477 e. The van der Waals surface area contributed by atoms with Gasteiger partial charge in [0.2, 0.25) is 0 Å². The Hall–Kier alpha value is -2.16. The van der Waals surface area contributed by atoms with Crippen molar-refractivity contribution in [3.8, 4) is 0 Å². The number of carbonyl (C=O) groups is 1. The summed E-state index contributed by atoms with van der Waals surface area (Å²) < 4.78 is 11.5. The van der Waals surface area contributed by atoms with Gasteiger partial charge in [0.1, 0.15) is 16.1 Å². The first kappa shape index (κ1) is 22.5. The van der Waals surface area contributed by atoms with Gasteiger partial charge in [0.25, 0.3) is 0 Å². The number of carbonyl (C=O) groups excluding carboxylic acids is 1. The summed E-state index contributed by atoms with van der Waals surface area (Å²) in [5.41, 5.74) is -1.30. The highest BCUT2D eigenvalue weighted by molar-refractivity contribution is 6.84. The Morgan fingerprint density at radius 1 is 0.933 bits per heavy atom. The minimum atomic E-state index is -1.85. The van der Waals surface area contributed by atoms with Crippen molar-refractivity contribution in [2.24, 2.45) is 5.92 Å². The maximum absolute atomic E-state index is 13.1. The van der Waals surface area contributed by atoms with Crippen LogP contribution in [0.1, 0.15) is 5.56 Å². The Balaban J connectivity index is 2.31. The number of esters is 1. The van der Waals surface area contributed by atoms with Crippen LogP contribution in [0.15, 0.2) is 65.4 Å². The van der Waals surface area contributed by atoms with E-state index in [2.05, 4.69) is 39.3 Å². The first-order chi connectivity index (χ1) is 13.9. The van der Waals surface area contributed by atoms with E-state index in [1.54, 1.807) is 0 Å². The zero-order chi connectivity index (χ0) is 22.3. The smallest absolute Gasteiger partial charge is 0.343 e. The number of hydrogen-bond acceptors (Lipinski definition) is 4. The van der Waals surface area contributed by atoms with Crippen molar-refractivity contribution in [3.63, 3.8) is 0 Å². The maximum Gasteiger partial charge on any atom is 0.343 e. The molecule has 0 spiro atoms. The largest absolute Gasteiger partial charge is 0.477 e. The Bertz CT molecular complexity index is 992. The third kappa shape index (κ3) is 4.04. The Kier molecular flexibility index (Phi) is 5.88. The molecular formula is C24H32O4Si2. The lowest BCUT2D eigenvalue weighted by atomic mass is 9.78. The molecule has 1 aliphatic heterocycles.